The number of anilines is 1. The lowest BCUT2D eigenvalue weighted by Crippen LogP contribution is -2.54. The van der Waals surface area contributed by atoms with Crippen LogP contribution < -0.4 is 15.3 Å². The molecular weight excluding hydrogens is 533 g/mol. The smallest absolute Gasteiger partial charge is 0.354 e. The number of halogens is 1. The third kappa shape index (κ3) is 4.44. The van der Waals surface area contributed by atoms with Gasteiger partial charge in [0.25, 0.3) is 0 Å². The van der Waals surface area contributed by atoms with Crippen LogP contribution >= 0.6 is 0 Å². The number of hydrogen-bond acceptors (Lipinski definition) is 6. The fraction of sp³-hybridized carbons (Fsp3) is 0.333. The fourth-order valence-corrected chi connectivity index (χ4v) is 6.25. The lowest BCUT2D eigenvalue weighted by atomic mass is 9.95. The first kappa shape index (κ1) is 27.6. The summed E-state index contributed by atoms with van der Waals surface area (Å²) in [7, 11) is 0. The summed E-state index contributed by atoms with van der Waals surface area (Å²) in [6, 6.07) is 10.9. The average molecular weight is 568 g/mol. The molecule has 0 saturated carbocycles. The van der Waals surface area contributed by atoms with Crippen LogP contribution in [0.1, 0.15) is 43.5 Å². The van der Waals surface area contributed by atoms with Crippen molar-refractivity contribution in [3.05, 3.63) is 88.4 Å². The number of hydrogen-bond donors (Lipinski definition) is 0. The second kappa shape index (κ2) is 10.7. The second-order valence-electron chi connectivity index (χ2n) is 11.3. The Morgan fingerprint density at radius 2 is 2.00 bits per heavy atom. The Hall–Kier alpha value is -4.53. The molecule has 8 nitrogen and oxygen atoms in total. The Morgan fingerprint density at radius 3 is 2.74 bits per heavy atom. The maximum Gasteiger partial charge on any atom is 0.354 e. The maximum absolute atomic E-state index is 16.4. The Kier molecular flexibility index (Phi) is 7.04. The molecule has 0 N–H and O–H groups in total. The predicted octanol–water partition coefficient (Wildman–Crippen LogP) is 5.18. The summed E-state index contributed by atoms with van der Waals surface area (Å²) in [4.78, 5) is 39.5. The van der Waals surface area contributed by atoms with E-state index in [9.17, 15) is 9.59 Å². The van der Waals surface area contributed by atoms with Gasteiger partial charge in [0.05, 0.1) is 23.6 Å². The van der Waals surface area contributed by atoms with Crippen molar-refractivity contribution in [3.63, 3.8) is 0 Å². The van der Waals surface area contributed by atoms with Crippen LogP contribution in [0.25, 0.3) is 27.7 Å². The molecule has 1 amide bonds. The zero-order valence-electron chi connectivity index (χ0n) is 24.4. The number of rotatable bonds is 4. The lowest BCUT2D eigenvalue weighted by molar-refractivity contribution is -0.126. The first-order valence-corrected chi connectivity index (χ1v) is 14.4. The predicted molar refractivity (Wildman–Crippen MR) is 162 cm³/mol. The summed E-state index contributed by atoms with van der Waals surface area (Å²) >= 11 is 0. The molecule has 1 saturated heterocycles. The molecule has 4 aromatic rings. The molecule has 4 heterocycles. The van der Waals surface area contributed by atoms with Gasteiger partial charge in [-0.15, -0.1) is 0 Å². The molecule has 0 unspecified atom stereocenters. The number of aryl methyl sites for hydroxylation is 1. The highest BCUT2D eigenvalue weighted by Crippen LogP contribution is 2.45. The number of carbonyl (C=O) groups excluding carboxylic acids is 1. The quantitative estimate of drug-likeness (QED) is 0.317. The van der Waals surface area contributed by atoms with E-state index in [1.54, 1.807) is 15.7 Å². The minimum atomic E-state index is -0.498. The molecule has 2 aliphatic rings. The van der Waals surface area contributed by atoms with E-state index in [0.717, 1.165) is 22.4 Å². The van der Waals surface area contributed by atoms with Crippen LogP contribution in [0, 0.1) is 12.7 Å². The van der Waals surface area contributed by atoms with Gasteiger partial charge in [-0.2, -0.15) is 4.98 Å². The van der Waals surface area contributed by atoms with Crippen molar-refractivity contribution in [2.45, 2.75) is 46.1 Å². The Balaban J connectivity index is 1.70. The highest BCUT2D eigenvalue weighted by molar-refractivity contribution is 6.00. The monoisotopic (exact) mass is 567 g/mol. The summed E-state index contributed by atoms with van der Waals surface area (Å²) in [5.74, 6) is 0.117. The number of ether oxygens (including phenoxy) is 1. The van der Waals surface area contributed by atoms with Gasteiger partial charge < -0.3 is 14.5 Å². The summed E-state index contributed by atoms with van der Waals surface area (Å²) in [6.07, 6.45) is 3.65. The van der Waals surface area contributed by atoms with E-state index in [-0.39, 0.29) is 17.9 Å². The van der Waals surface area contributed by atoms with Crippen molar-refractivity contribution >= 4 is 22.6 Å². The molecule has 216 valence electrons. The first-order valence-electron chi connectivity index (χ1n) is 14.4. The number of benzene rings is 2. The van der Waals surface area contributed by atoms with Crippen LogP contribution in [0.2, 0.25) is 0 Å². The van der Waals surface area contributed by atoms with E-state index >= 15 is 4.39 Å². The second-order valence-corrected chi connectivity index (χ2v) is 11.3. The Bertz CT molecular complexity index is 1800. The molecule has 2 aliphatic heterocycles. The average Bonchev–Trinajstić information content (AvgIpc) is 3.17. The van der Waals surface area contributed by atoms with Gasteiger partial charge in [0.15, 0.2) is 5.75 Å². The standard InChI is InChI=1S/C33H34FN5O3/c1-6-26(40)37-14-15-38(21(5)18-37)32-24-17-25(34)27-23-10-8-7-9-22(23)12-16-42-31(27)30(24)39(33(41)36-32)29-20(4)11-13-35-28(29)19(2)3/h6-11,13,17,19,21H,1,12,14-16,18H2,2-5H3/t21-/m0/s1. The van der Waals surface area contributed by atoms with Crippen LogP contribution in [0.15, 0.2) is 60.0 Å². The van der Waals surface area contributed by atoms with Gasteiger partial charge in [0.1, 0.15) is 17.2 Å². The zero-order chi connectivity index (χ0) is 29.7. The SMILES string of the molecule is C=CC(=O)N1CCN(c2nc(=O)n(-c3c(C)ccnc3C(C)C)c3c4c(c(F)cc23)-c2ccccc2CCO4)[C@@H](C)C1. The van der Waals surface area contributed by atoms with E-state index in [1.165, 1.54) is 12.1 Å². The molecule has 0 radical (unpaired) electrons. The Labute approximate surface area is 244 Å². The summed E-state index contributed by atoms with van der Waals surface area (Å²) < 4.78 is 24.3. The van der Waals surface area contributed by atoms with Gasteiger partial charge in [0.2, 0.25) is 5.91 Å². The van der Waals surface area contributed by atoms with Gasteiger partial charge in [-0.25, -0.2) is 9.18 Å². The van der Waals surface area contributed by atoms with Crippen molar-refractivity contribution in [3.8, 4) is 22.6 Å². The van der Waals surface area contributed by atoms with Crippen LogP contribution in [0.4, 0.5) is 10.2 Å². The normalized spacial score (nSPS) is 16.6. The van der Waals surface area contributed by atoms with Crippen molar-refractivity contribution in [1.82, 2.24) is 19.4 Å². The summed E-state index contributed by atoms with van der Waals surface area (Å²) in [6.45, 7) is 13.2. The molecule has 2 aromatic heterocycles. The summed E-state index contributed by atoms with van der Waals surface area (Å²) in [5.41, 5.74) is 4.26. The van der Waals surface area contributed by atoms with Crippen molar-refractivity contribution in [2.24, 2.45) is 0 Å². The topological polar surface area (TPSA) is 80.6 Å². The van der Waals surface area contributed by atoms with E-state index in [1.807, 2.05) is 62.9 Å². The molecule has 6 rings (SSSR count). The van der Waals surface area contributed by atoms with Gasteiger partial charge in [-0.3, -0.25) is 14.3 Å². The molecule has 0 spiro atoms. The van der Waals surface area contributed by atoms with Crippen LogP contribution in [0.3, 0.4) is 0 Å². The van der Waals surface area contributed by atoms with E-state index in [2.05, 4.69) is 16.5 Å². The van der Waals surface area contributed by atoms with Crippen molar-refractivity contribution < 1.29 is 13.9 Å². The van der Waals surface area contributed by atoms with Gasteiger partial charge in [0, 0.05) is 43.7 Å². The van der Waals surface area contributed by atoms with Crippen LogP contribution in [-0.4, -0.2) is 57.6 Å². The van der Waals surface area contributed by atoms with Gasteiger partial charge in [-0.05, 0) is 54.7 Å². The largest absolute Gasteiger partial charge is 0.490 e. The minimum Gasteiger partial charge on any atom is -0.490 e. The first-order chi connectivity index (χ1) is 20.2. The Morgan fingerprint density at radius 1 is 1.21 bits per heavy atom. The van der Waals surface area contributed by atoms with E-state index in [0.29, 0.717) is 66.4 Å². The van der Waals surface area contributed by atoms with E-state index in [4.69, 9.17) is 4.74 Å². The number of aromatic nitrogens is 3. The number of nitrogens with zero attached hydrogens (tertiary/aromatic N) is 5. The van der Waals surface area contributed by atoms with Crippen LogP contribution in [0.5, 0.6) is 5.75 Å². The molecule has 0 bridgehead atoms. The molecule has 42 heavy (non-hydrogen) atoms. The lowest BCUT2D eigenvalue weighted by Gasteiger charge is -2.40. The van der Waals surface area contributed by atoms with Crippen LogP contribution in [-0.2, 0) is 11.2 Å². The molecule has 1 atom stereocenters. The third-order valence-electron chi connectivity index (χ3n) is 8.28. The number of piperazine rings is 1. The van der Waals surface area contributed by atoms with Gasteiger partial charge >= 0.3 is 5.69 Å². The highest BCUT2D eigenvalue weighted by atomic mass is 19.1. The molecule has 0 aliphatic carbocycles. The minimum absolute atomic E-state index is 0.0118. The van der Waals surface area contributed by atoms with Crippen molar-refractivity contribution in [1.29, 1.82) is 0 Å². The zero-order valence-corrected chi connectivity index (χ0v) is 24.4. The maximum atomic E-state index is 16.4. The fourth-order valence-electron chi connectivity index (χ4n) is 6.25. The number of amides is 1. The molecule has 1 fully saturated rings. The van der Waals surface area contributed by atoms with Crippen molar-refractivity contribution in [2.75, 3.05) is 31.1 Å². The highest BCUT2D eigenvalue weighted by Gasteiger charge is 2.33. The molecule has 9 heteroatoms. The summed E-state index contributed by atoms with van der Waals surface area (Å²) in [5, 5.41) is 0.471. The number of carbonyl (C=O) groups is 1. The number of pyridine rings is 1. The van der Waals surface area contributed by atoms with Gasteiger partial charge in [-0.1, -0.05) is 44.7 Å². The number of fused-ring (bicyclic) bond motifs is 5. The van der Waals surface area contributed by atoms with E-state index < -0.39 is 11.5 Å². The molecule has 2 aromatic carbocycles. The third-order valence-corrected chi connectivity index (χ3v) is 8.28. The molecular formula is C33H34FN5O3.